The third kappa shape index (κ3) is 2.32. The largest absolute Gasteiger partial charge is 0.270 e. The maximum atomic E-state index is 10.5. The van der Waals surface area contributed by atoms with Crippen molar-refractivity contribution in [2.45, 2.75) is 0 Å². The summed E-state index contributed by atoms with van der Waals surface area (Å²) in [4.78, 5) is 20.0. The Morgan fingerprint density at radius 1 is 0.833 bits per heavy atom. The molecule has 2 aromatic rings. The van der Waals surface area contributed by atoms with E-state index in [9.17, 15) is 20.2 Å². The SMILES string of the molecule is O=[N+]([O-])c1c[c]c(-c2ccc([N+](=O)[O-])cc2)cc1. The van der Waals surface area contributed by atoms with Crippen LogP contribution in [0.5, 0.6) is 0 Å². The average molecular weight is 243 g/mol. The van der Waals surface area contributed by atoms with Crippen LogP contribution < -0.4 is 0 Å². The van der Waals surface area contributed by atoms with Crippen LogP contribution in [0.3, 0.4) is 0 Å². The molecule has 0 atom stereocenters. The van der Waals surface area contributed by atoms with E-state index >= 15 is 0 Å². The topological polar surface area (TPSA) is 86.3 Å². The first-order valence-electron chi connectivity index (χ1n) is 4.99. The van der Waals surface area contributed by atoms with E-state index < -0.39 is 9.85 Å². The summed E-state index contributed by atoms with van der Waals surface area (Å²) in [7, 11) is 0. The van der Waals surface area contributed by atoms with Crippen molar-refractivity contribution in [1.29, 1.82) is 0 Å². The molecule has 0 fully saturated rings. The van der Waals surface area contributed by atoms with Gasteiger partial charge in [-0.25, -0.2) is 0 Å². The molecule has 1 radical (unpaired) electrons. The molecule has 0 aliphatic heterocycles. The molecule has 6 heteroatoms. The van der Waals surface area contributed by atoms with Crippen LogP contribution in [-0.2, 0) is 0 Å². The van der Waals surface area contributed by atoms with Crippen LogP contribution in [0, 0.1) is 26.3 Å². The highest BCUT2D eigenvalue weighted by molar-refractivity contribution is 5.65. The van der Waals surface area contributed by atoms with Gasteiger partial charge in [-0.2, -0.15) is 0 Å². The lowest BCUT2D eigenvalue weighted by Crippen LogP contribution is -1.89. The van der Waals surface area contributed by atoms with Crippen molar-refractivity contribution in [2.75, 3.05) is 0 Å². The van der Waals surface area contributed by atoms with Crippen molar-refractivity contribution >= 4 is 11.4 Å². The zero-order chi connectivity index (χ0) is 13.1. The molecule has 0 aromatic heterocycles. The highest BCUT2D eigenvalue weighted by atomic mass is 16.6. The first-order chi connectivity index (χ1) is 8.58. The highest BCUT2D eigenvalue weighted by Crippen LogP contribution is 2.23. The minimum Gasteiger partial charge on any atom is -0.258 e. The molecular weight excluding hydrogens is 236 g/mol. The molecule has 0 N–H and O–H groups in total. The summed E-state index contributed by atoms with van der Waals surface area (Å²) in [6, 6.07) is 12.9. The normalized spacial score (nSPS) is 10.0. The molecule has 6 nitrogen and oxygen atoms in total. The summed E-state index contributed by atoms with van der Waals surface area (Å²) in [5, 5.41) is 21.0. The van der Waals surface area contributed by atoms with Gasteiger partial charge in [0, 0.05) is 24.3 Å². The molecule has 89 valence electrons. The Morgan fingerprint density at radius 2 is 1.39 bits per heavy atom. The monoisotopic (exact) mass is 243 g/mol. The van der Waals surface area contributed by atoms with Crippen LogP contribution in [-0.4, -0.2) is 9.85 Å². The molecule has 0 saturated carbocycles. The lowest BCUT2D eigenvalue weighted by Gasteiger charge is -2.00. The van der Waals surface area contributed by atoms with E-state index in [2.05, 4.69) is 6.07 Å². The van der Waals surface area contributed by atoms with Gasteiger partial charge in [-0.1, -0.05) is 0 Å². The van der Waals surface area contributed by atoms with Crippen LogP contribution in [0.1, 0.15) is 0 Å². The van der Waals surface area contributed by atoms with Crippen LogP contribution in [0.15, 0.2) is 42.5 Å². The van der Waals surface area contributed by atoms with Gasteiger partial charge in [0.2, 0.25) is 0 Å². The molecule has 0 unspecified atom stereocenters. The molecule has 2 rings (SSSR count). The van der Waals surface area contributed by atoms with E-state index in [0.29, 0.717) is 5.56 Å². The van der Waals surface area contributed by atoms with Crippen LogP contribution in [0.25, 0.3) is 11.1 Å². The standard InChI is InChI=1S/C12H7N2O4/c15-13(16)11-5-1-9(2-6-11)10-3-7-12(8-4-10)14(17)18/h1-3,5-8H. The molecule has 0 aliphatic rings. The Labute approximate surface area is 102 Å². The molecule has 0 aliphatic carbocycles. The minimum atomic E-state index is -0.504. The lowest BCUT2D eigenvalue weighted by molar-refractivity contribution is -0.385. The first kappa shape index (κ1) is 11.7. The number of hydrogen-bond donors (Lipinski definition) is 0. The quantitative estimate of drug-likeness (QED) is 0.612. The second-order valence-corrected chi connectivity index (χ2v) is 3.52. The first-order valence-corrected chi connectivity index (χ1v) is 4.99. The van der Waals surface area contributed by atoms with Gasteiger partial charge < -0.3 is 0 Å². The van der Waals surface area contributed by atoms with Gasteiger partial charge in [0.1, 0.15) is 0 Å². The van der Waals surface area contributed by atoms with Crippen molar-refractivity contribution in [2.24, 2.45) is 0 Å². The van der Waals surface area contributed by atoms with Gasteiger partial charge in [-0.05, 0) is 35.4 Å². The fourth-order valence-electron chi connectivity index (χ4n) is 1.47. The fourth-order valence-corrected chi connectivity index (χ4v) is 1.47. The molecule has 0 heterocycles. The second-order valence-electron chi connectivity index (χ2n) is 3.52. The van der Waals surface area contributed by atoms with E-state index in [1.165, 1.54) is 24.3 Å². The third-order valence-corrected chi connectivity index (χ3v) is 2.40. The number of benzene rings is 2. The van der Waals surface area contributed by atoms with E-state index in [0.717, 1.165) is 5.56 Å². The van der Waals surface area contributed by atoms with E-state index in [-0.39, 0.29) is 11.4 Å². The molecule has 0 bridgehead atoms. The van der Waals surface area contributed by atoms with Crippen LogP contribution >= 0.6 is 0 Å². The predicted octanol–water partition coefficient (Wildman–Crippen LogP) is 2.97. The maximum Gasteiger partial charge on any atom is 0.270 e. The van der Waals surface area contributed by atoms with Gasteiger partial charge in [0.25, 0.3) is 11.4 Å². The van der Waals surface area contributed by atoms with Crippen molar-refractivity contribution in [3.05, 3.63) is 68.8 Å². The van der Waals surface area contributed by atoms with Crippen molar-refractivity contribution in [1.82, 2.24) is 0 Å². The van der Waals surface area contributed by atoms with Gasteiger partial charge in [-0.3, -0.25) is 20.2 Å². The minimum absolute atomic E-state index is 0.000613. The number of rotatable bonds is 3. The zero-order valence-electron chi connectivity index (χ0n) is 9.07. The van der Waals surface area contributed by atoms with E-state index in [4.69, 9.17) is 0 Å². The van der Waals surface area contributed by atoms with E-state index in [1.807, 2.05) is 0 Å². The fraction of sp³-hybridized carbons (Fsp3) is 0. The molecule has 18 heavy (non-hydrogen) atoms. The molecule has 2 aromatic carbocycles. The Kier molecular flexibility index (Phi) is 3.01. The molecule has 0 amide bonds. The van der Waals surface area contributed by atoms with Gasteiger partial charge in [0.05, 0.1) is 9.85 Å². The van der Waals surface area contributed by atoms with E-state index in [1.54, 1.807) is 18.2 Å². The summed E-state index contributed by atoms with van der Waals surface area (Å²) in [6.07, 6.45) is 0. The highest BCUT2D eigenvalue weighted by Gasteiger charge is 2.07. The number of non-ortho nitro benzene ring substituents is 2. The second kappa shape index (κ2) is 4.62. The summed E-state index contributed by atoms with van der Waals surface area (Å²) in [5.41, 5.74) is 1.33. The number of nitro groups is 2. The maximum absolute atomic E-state index is 10.5. The van der Waals surface area contributed by atoms with Gasteiger partial charge in [-0.15, -0.1) is 0 Å². The van der Waals surface area contributed by atoms with Crippen LogP contribution in [0.2, 0.25) is 0 Å². The summed E-state index contributed by atoms with van der Waals surface area (Å²) in [5.74, 6) is 0. The number of hydrogen-bond acceptors (Lipinski definition) is 4. The summed E-state index contributed by atoms with van der Waals surface area (Å²) in [6.45, 7) is 0. The van der Waals surface area contributed by atoms with Crippen molar-refractivity contribution in [3.63, 3.8) is 0 Å². The molecule has 0 spiro atoms. The third-order valence-electron chi connectivity index (χ3n) is 2.40. The zero-order valence-corrected chi connectivity index (χ0v) is 9.07. The Bertz CT molecular complexity index is 535. The van der Waals surface area contributed by atoms with Gasteiger partial charge in [0.15, 0.2) is 0 Å². The summed E-state index contributed by atoms with van der Waals surface area (Å²) >= 11 is 0. The molecular formula is C12H7N2O4. The smallest absolute Gasteiger partial charge is 0.258 e. The Hall–Kier alpha value is -2.76. The number of nitrogens with zero attached hydrogens (tertiary/aromatic N) is 2. The Morgan fingerprint density at radius 3 is 1.83 bits per heavy atom. The van der Waals surface area contributed by atoms with Crippen molar-refractivity contribution in [3.8, 4) is 11.1 Å². The Balaban J connectivity index is 2.31. The molecule has 0 saturated heterocycles. The van der Waals surface area contributed by atoms with Gasteiger partial charge >= 0.3 is 0 Å². The summed E-state index contributed by atoms with van der Waals surface area (Å²) < 4.78 is 0. The lowest BCUT2D eigenvalue weighted by atomic mass is 10.1. The average Bonchev–Trinajstić information content (AvgIpc) is 2.39. The van der Waals surface area contributed by atoms with Crippen LogP contribution in [0.4, 0.5) is 11.4 Å². The van der Waals surface area contributed by atoms with Crippen molar-refractivity contribution < 1.29 is 9.85 Å². The number of nitro benzene ring substituents is 2. The predicted molar refractivity (Wildman–Crippen MR) is 64.0 cm³/mol.